The van der Waals surface area contributed by atoms with Crippen molar-refractivity contribution in [3.63, 3.8) is 0 Å². The SMILES string of the molecule is CCOc1ccc(C[C@H](N)C=O)cc1. The molecular weight excluding hydrogens is 178 g/mol. The van der Waals surface area contributed by atoms with Gasteiger partial charge in [0.1, 0.15) is 12.0 Å². The number of hydrogen-bond acceptors (Lipinski definition) is 3. The second-order valence-corrected chi connectivity index (χ2v) is 3.08. The Kier molecular flexibility index (Phi) is 4.13. The van der Waals surface area contributed by atoms with E-state index in [1.807, 2.05) is 31.2 Å². The van der Waals surface area contributed by atoms with Crippen LogP contribution in [0.2, 0.25) is 0 Å². The number of carbonyl (C=O) groups is 1. The fourth-order valence-electron chi connectivity index (χ4n) is 1.21. The van der Waals surface area contributed by atoms with Gasteiger partial charge in [0.05, 0.1) is 12.6 Å². The van der Waals surface area contributed by atoms with Crippen LogP contribution in [0.3, 0.4) is 0 Å². The summed E-state index contributed by atoms with van der Waals surface area (Å²) in [5.41, 5.74) is 6.55. The molecule has 14 heavy (non-hydrogen) atoms. The van der Waals surface area contributed by atoms with Gasteiger partial charge in [0, 0.05) is 0 Å². The summed E-state index contributed by atoms with van der Waals surface area (Å²) in [6.07, 6.45) is 1.34. The van der Waals surface area contributed by atoms with E-state index in [4.69, 9.17) is 10.5 Å². The fourth-order valence-corrected chi connectivity index (χ4v) is 1.21. The van der Waals surface area contributed by atoms with Gasteiger partial charge in [-0.15, -0.1) is 0 Å². The van der Waals surface area contributed by atoms with E-state index in [0.29, 0.717) is 13.0 Å². The lowest BCUT2D eigenvalue weighted by Gasteiger charge is -2.06. The Hall–Kier alpha value is -1.35. The molecule has 0 unspecified atom stereocenters. The van der Waals surface area contributed by atoms with Crippen LogP contribution in [0.25, 0.3) is 0 Å². The van der Waals surface area contributed by atoms with Gasteiger partial charge in [-0.3, -0.25) is 0 Å². The van der Waals surface area contributed by atoms with Gasteiger partial charge in [-0.05, 0) is 31.0 Å². The fraction of sp³-hybridized carbons (Fsp3) is 0.364. The third kappa shape index (κ3) is 3.18. The van der Waals surface area contributed by atoms with E-state index in [1.54, 1.807) is 0 Å². The first-order chi connectivity index (χ1) is 6.76. The summed E-state index contributed by atoms with van der Waals surface area (Å²) in [5, 5.41) is 0. The molecular formula is C11H15NO2. The molecule has 3 heteroatoms. The highest BCUT2D eigenvalue weighted by molar-refractivity contribution is 5.57. The Morgan fingerprint density at radius 2 is 2.07 bits per heavy atom. The average Bonchev–Trinajstić information content (AvgIpc) is 2.21. The zero-order chi connectivity index (χ0) is 10.4. The van der Waals surface area contributed by atoms with Crippen LogP contribution < -0.4 is 10.5 Å². The number of rotatable bonds is 5. The van der Waals surface area contributed by atoms with Crippen LogP contribution in [0.1, 0.15) is 12.5 Å². The lowest BCUT2D eigenvalue weighted by atomic mass is 10.1. The third-order valence-corrected chi connectivity index (χ3v) is 1.88. The van der Waals surface area contributed by atoms with Crippen molar-refractivity contribution >= 4 is 6.29 Å². The third-order valence-electron chi connectivity index (χ3n) is 1.88. The summed E-state index contributed by atoms with van der Waals surface area (Å²) >= 11 is 0. The number of nitrogens with two attached hydrogens (primary N) is 1. The zero-order valence-electron chi connectivity index (χ0n) is 8.27. The number of ether oxygens (including phenoxy) is 1. The molecule has 76 valence electrons. The van der Waals surface area contributed by atoms with E-state index in [2.05, 4.69) is 0 Å². The van der Waals surface area contributed by atoms with E-state index < -0.39 is 6.04 Å². The molecule has 0 saturated heterocycles. The minimum Gasteiger partial charge on any atom is -0.494 e. The average molecular weight is 193 g/mol. The Morgan fingerprint density at radius 1 is 1.43 bits per heavy atom. The molecule has 0 fully saturated rings. The first kappa shape index (κ1) is 10.7. The van der Waals surface area contributed by atoms with Crippen molar-refractivity contribution in [2.24, 2.45) is 5.73 Å². The minimum atomic E-state index is -0.409. The molecule has 1 aromatic rings. The van der Waals surface area contributed by atoms with Crippen LogP contribution in [0, 0.1) is 0 Å². The summed E-state index contributed by atoms with van der Waals surface area (Å²) in [6.45, 7) is 2.60. The van der Waals surface area contributed by atoms with Crippen LogP contribution in [0.15, 0.2) is 24.3 Å². The monoisotopic (exact) mass is 193 g/mol. The molecule has 1 aromatic carbocycles. The maximum atomic E-state index is 10.3. The molecule has 0 heterocycles. The van der Waals surface area contributed by atoms with Crippen molar-refractivity contribution in [2.45, 2.75) is 19.4 Å². The predicted octanol–water partition coefficient (Wildman–Crippen LogP) is 1.15. The van der Waals surface area contributed by atoms with Crippen LogP contribution in [-0.2, 0) is 11.2 Å². The van der Waals surface area contributed by atoms with Crippen molar-refractivity contribution in [3.8, 4) is 5.75 Å². The van der Waals surface area contributed by atoms with Gasteiger partial charge < -0.3 is 15.3 Å². The Labute approximate surface area is 83.9 Å². The van der Waals surface area contributed by atoms with Crippen molar-refractivity contribution in [2.75, 3.05) is 6.61 Å². The van der Waals surface area contributed by atoms with Gasteiger partial charge in [0.2, 0.25) is 0 Å². The lowest BCUT2D eigenvalue weighted by molar-refractivity contribution is -0.108. The summed E-state index contributed by atoms with van der Waals surface area (Å²) in [5.74, 6) is 0.843. The number of benzene rings is 1. The Balaban J connectivity index is 2.59. The molecule has 3 nitrogen and oxygen atoms in total. The highest BCUT2D eigenvalue weighted by Crippen LogP contribution is 2.12. The largest absolute Gasteiger partial charge is 0.494 e. The Bertz CT molecular complexity index is 282. The van der Waals surface area contributed by atoms with Crippen LogP contribution >= 0.6 is 0 Å². The number of carbonyl (C=O) groups excluding carboxylic acids is 1. The quantitative estimate of drug-likeness (QED) is 0.714. The number of aldehydes is 1. The smallest absolute Gasteiger partial charge is 0.137 e. The van der Waals surface area contributed by atoms with Crippen molar-refractivity contribution in [3.05, 3.63) is 29.8 Å². The molecule has 0 amide bonds. The molecule has 0 aromatic heterocycles. The van der Waals surface area contributed by atoms with Gasteiger partial charge in [-0.2, -0.15) is 0 Å². The molecule has 0 spiro atoms. The number of hydrogen-bond donors (Lipinski definition) is 1. The summed E-state index contributed by atoms with van der Waals surface area (Å²) in [4.78, 5) is 10.3. The predicted molar refractivity (Wildman–Crippen MR) is 55.4 cm³/mol. The minimum absolute atomic E-state index is 0.409. The molecule has 1 atom stereocenters. The maximum Gasteiger partial charge on any atom is 0.137 e. The highest BCUT2D eigenvalue weighted by Gasteiger charge is 2.01. The molecule has 2 N–H and O–H groups in total. The molecule has 0 bridgehead atoms. The van der Waals surface area contributed by atoms with Crippen molar-refractivity contribution in [1.29, 1.82) is 0 Å². The van der Waals surface area contributed by atoms with Crippen LogP contribution in [0.4, 0.5) is 0 Å². The summed E-state index contributed by atoms with van der Waals surface area (Å²) in [7, 11) is 0. The van der Waals surface area contributed by atoms with E-state index in [-0.39, 0.29) is 0 Å². The molecule has 0 aliphatic rings. The summed E-state index contributed by atoms with van der Waals surface area (Å²) in [6, 6.07) is 7.21. The van der Waals surface area contributed by atoms with E-state index >= 15 is 0 Å². The second kappa shape index (κ2) is 5.40. The van der Waals surface area contributed by atoms with Gasteiger partial charge in [0.25, 0.3) is 0 Å². The normalized spacial score (nSPS) is 12.1. The van der Waals surface area contributed by atoms with Crippen LogP contribution in [0.5, 0.6) is 5.75 Å². The van der Waals surface area contributed by atoms with E-state index in [1.165, 1.54) is 0 Å². The maximum absolute atomic E-state index is 10.3. The van der Waals surface area contributed by atoms with Gasteiger partial charge in [-0.1, -0.05) is 12.1 Å². The van der Waals surface area contributed by atoms with E-state index in [0.717, 1.165) is 17.6 Å². The summed E-state index contributed by atoms with van der Waals surface area (Å²) < 4.78 is 5.29. The van der Waals surface area contributed by atoms with Gasteiger partial charge in [-0.25, -0.2) is 0 Å². The van der Waals surface area contributed by atoms with E-state index in [9.17, 15) is 4.79 Å². The van der Waals surface area contributed by atoms with Crippen LogP contribution in [-0.4, -0.2) is 18.9 Å². The molecule has 0 aliphatic heterocycles. The first-order valence-corrected chi connectivity index (χ1v) is 4.69. The Morgan fingerprint density at radius 3 is 2.57 bits per heavy atom. The van der Waals surface area contributed by atoms with Gasteiger partial charge >= 0.3 is 0 Å². The van der Waals surface area contributed by atoms with Crippen molar-refractivity contribution < 1.29 is 9.53 Å². The molecule has 0 saturated carbocycles. The standard InChI is InChI=1S/C11H15NO2/c1-2-14-11-5-3-9(4-6-11)7-10(12)8-13/h3-6,8,10H,2,7,12H2,1H3/t10-/m0/s1. The molecule has 0 radical (unpaired) electrons. The van der Waals surface area contributed by atoms with Gasteiger partial charge in [0.15, 0.2) is 0 Å². The zero-order valence-corrected chi connectivity index (χ0v) is 8.27. The molecule has 1 rings (SSSR count). The highest BCUT2D eigenvalue weighted by atomic mass is 16.5. The lowest BCUT2D eigenvalue weighted by Crippen LogP contribution is -2.23. The first-order valence-electron chi connectivity index (χ1n) is 4.69. The van der Waals surface area contributed by atoms with Crippen molar-refractivity contribution in [1.82, 2.24) is 0 Å². The topological polar surface area (TPSA) is 52.3 Å². The second-order valence-electron chi connectivity index (χ2n) is 3.08. The molecule has 0 aliphatic carbocycles.